The van der Waals surface area contributed by atoms with Gasteiger partial charge in [0, 0.05) is 36.4 Å². The Morgan fingerprint density at radius 2 is 2.33 bits per heavy atom. The van der Waals surface area contributed by atoms with Gasteiger partial charge in [0.05, 0.1) is 12.4 Å². The molecular weight excluding hydrogens is 268 g/mol. The summed E-state index contributed by atoms with van der Waals surface area (Å²) in [7, 11) is 0. The zero-order valence-corrected chi connectivity index (χ0v) is 11.9. The molecule has 0 bridgehead atoms. The second kappa shape index (κ2) is 5.55. The summed E-state index contributed by atoms with van der Waals surface area (Å²) in [6.07, 6.45) is 9.87. The number of nitrogens with zero attached hydrogens (tertiary/aromatic N) is 2. The van der Waals surface area contributed by atoms with Crippen molar-refractivity contribution in [2.24, 2.45) is 0 Å². The maximum Gasteiger partial charge on any atom is 0.257 e. The first kappa shape index (κ1) is 13.6. The Bertz CT molecular complexity index is 690. The molecule has 110 valence electrons. The molecule has 6 nitrogen and oxygen atoms in total. The Morgan fingerprint density at radius 3 is 3.05 bits per heavy atom. The number of aryl methyl sites for hydroxylation is 1. The van der Waals surface area contributed by atoms with E-state index in [1.165, 1.54) is 12.3 Å². The van der Waals surface area contributed by atoms with Crippen molar-refractivity contribution in [3.05, 3.63) is 52.5 Å². The van der Waals surface area contributed by atoms with E-state index in [0.717, 1.165) is 25.0 Å². The summed E-state index contributed by atoms with van der Waals surface area (Å²) < 4.78 is 2.03. The van der Waals surface area contributed by atoms with Gasteiger partial charge in [-0.05, 0) is 26.2 Å². The lowest BCUT2D eigenvalue weighted by atomic mass is 10.1. The van der Waals surface area contributed by atoms with Gasteiger partial charge in [0.15, 0.2) is 5.43 Å². The number of hydrogen-bond donors (Lipinski definition) is 2. The van der Waals surface area contributed by atoms with Crippen molar-refractivity contribution in [2.45, 2.75) is 38.3 Å². The Labute approximate surface area is 122 Å². The van der Waals surface area contributed by atoms with E-state index in [2.05, 4.69) is 15.3 Å². The van der Waals surface area contributed by atoms with Crippen LogP contribution in [0.1, 0.15) is 41.4 Å². The van der Waals surface area contributed by atoms with Crippen LogP contribution in [0.4, 0.5) is 0 Å². The first-order chi connectivity index (χ1) is 10.1. The highest BCUT2D eigenvalue weighted by molar-refractivity contribution is 5.94. The Balaban J connectivity index is 1.76. The van der Waals surface area contributed by atoms with Gasteiger partial charge >= 0.3 is 0 Å². The monoisotopic (exact) mass is 286 g/mol. The fourth-order valence-electron chi connectivity index (χ4n) is 2.93. The molecule has 0 saturated heterocycles. The minimum Gasteiger partial charge on any atom is -0.364 e. The number of H-pyrrole nitrogens is 1. The van der Waals surface area contributed by atoms with Crippen molar-refractivity contribution < 1.29 is 4.79 Å². The lowest BCUT2D eigenvalue weighted by molar-refractivity contribution is 0.0927. The summed E-state index contributed by atoms with van der Waals surface area (Å²) in [5.74, 6) is -0.312. The maximum atomic E-state index is 12.3. The van der Waals surface area contributed by atoms with Gasteiger partial charge in [-0.15, -0.1) is 0 Å². The molecule has 21 heavy (non-hydrogen) atoms. The van der Waals surface area contributed by atoms with Crippen molar-refractivity contribution in [1.82, 2.24) is 19.9 Å². The molecule has 2 aromatic heterocycles. The van der Waals surface area contributed by atoms with Crippen molar-refractivity contribution in [1.29, 1.82) is 0 Å². The van der Waals surface area contributed by atoms with Crippen LogP contribution in [0.3, 0.4) is 0 Å². The first-order valence-electron chi connectivity index (χ1n) is 7.13. The molecule has 2 atom stereocenters. The quantitative estimate of drug-likeness (QED) is 0.895. The van der Waals surface area contributed by atoms with Gasteiger partial charge < -0.3 is 14.9 Å². The van der Waals surface area contributed by atoms with Gasteiger partial charge in [0.2, 0.25) is 0 Å². The van der Waals surface area contributed by atoms with Crippen molar-refractivity contribution in [3.8, 4) is 0 Å². The van der Waals surface area contributed by atoms with E-state index in [0.29, 0.717) is 0 Å². The molecule has 2 N–H and O–H groups in total. The molecule has 2 heterocycles. The third-order valence-corrected chi connectivity index (χ3v) is 4.01. The predicted molar refractivity (Wildman–Crippen MR) is 78.2 cm³/mol. The molecular formula is C15H18N4O2. The van der Waals surface area contributed by atoms with Crippen LogP contribution >= 0.6 is 0 Å². The summed E-state index contributed by atoms with van der Waals surface area (Å²) in [5.41, 5.74) is 0.659. The van der Waals surface area contributed by atoms with Gasteiger partial charge in [-0.1, -0.05) is 0 Å². The van der Waals surface area contributed by atoms with E-state index >= 15 is 0 Å². The maximum absolute atomic E-state index is 12.3. The molecule has 1 amide bonds. The van der Waals surface area contributed by atoms with E-state index in [4.69, 9.17) is 0 Å². The number of nitrogens with one attached hydrogen (secondary N) is 2. The topological polar surface area (TPSA) is 79.8 Å². The molecule has 0 spiro atoms. The molecule has 6 heteroatoms. The van der Waals surface area contributed by atoms with Crippen molar-refractivity contribution in [2.75, 3.05) is 0 Å². The highest BCUT2D eigenvalue weighted by atomic mass is 16.2. The summed E-state index contributed by atoms with van der Waals surface area (Å²) in [4.78, 5) is 31.1. The minimum atomic E-state index is -0.312. The van der Waals surface area contributed by atoms with Gasteiger partial charge in [-0.3, -0.25) is 9.59 Å². The van der Waals surface area contributed by atoms with Crippen LogP contribution in [0.25, 0.3) is 0 Å². The number of aromatic nitrogens is 3. The molecule has 0 aliphatic heterocycles. The van der Waals surface area contributed by atoms with E-state index in [9.17, 15) is 9.59 Å². The predicted octanol–water partition coefficient (Wildman–Crippen LogP) is 1.40. The average Bonchev–Trinajstić information content (AvgIpc) is 3.08. The molecule has 1 aliphatic carbocycles. The minimum absolute atomic E-state index is 0.0346. The van der Waals surface area contributed by atoms with Crippen LogP contribution < -0.4 is 10.7 Å². The standard InChI is InChI=1S/C15H18N4O2/c1-10-7-14(20)11(8-17-10)15(21)18-12-3-2-4-13(12)19-6-5-16-9-19/h5-9,12-13H,2-4H2,1H3,(H,17,20)(H,18,21). The summed E-state index contributed by atoms with van der Waals surface area (Å²) in [6.45, 7) is 1.79. The highest BCUT2D eigenvalue weighted by Crippen LogP contribution is 2.29. The summed E-state index contributed by atoms with van der Waals surface area (Å²) in [6, 6.07) is 1.69. The first-order valence-corrected chi connectivity index (χ1v) is 7.13. The smallest absolute Gasteiger partial charge is 0.257 e. The zero-order valence-electron chi connectivity index (χ0n) is 11.9. The summed E-state index contributed by atoms with van der Waals surface area (Å²) in [5, 5.41) is 2.99. The van der Waals surface area contributed by atoms with E-state index in [1.54, 1.807) is 19.4 Å². The van der Waals surface area contributed by atoms with Crippen molar-refractivity contribution >= 4 is 5.91 Å². The Morgan fingerprint density at radius 1 is 1.48 bits per heavy atom. The average molecular weight is 286 g/mol. The molecule has 0 radical (unpaired) electrons. The molecule has 1 saturated carbocycles. The molecule has 0 aromatic carbocycles. The molecule has 2 aromatic rings. The second-order valence-corrected chi connectivity index (χ2v) is 5.48. The van der Waals surface area contributed by atoms with Gasteiger partial charge in [-0.2, -0.15) is 0 Å². The van der Waals surface area contributed by atoms with Crippen LogP contribution in [0.5, 0.6) is 0 Å². The third kappa shape index (κ3) is 2.74. The number of rotatable bonds is 3. The number of imidazole rings is 1. The molecule has 3 rings (SSSR count). The van der Waals surface area contributed by atoms with Crippen LogP contribution in [0, 0.1) is 6.92 Å². The largest absolute Gasteiger partial charge is 0.364 e. The van der Waals surface area contributed by atoms with Crippen LogP contribution in [0.2, 0.25) is 0 Å². The SMILES string of the molecule is Cc1cc(=O)c(C(=O)NC2CCCC2n2ccnc2)c[nH]1. The number of hydrogen-bond acceptors (Lipinski definition) is 3. The molecule has 2 unspecified atom stereocenters. The van der Waals surface area contributed by atoms with Gasteiger partial charge in [0.25, 0.3) is 5.91 Å². The normalized spacial score (nSPS) is 21.4. The van der Waals surface area contributed by atoms with Gasteiger partial charge in [0.1, 0.15) is 5.56 Å². The zero-order chi connectivity index (χ0) is 14.8. The van der Waals surface area contributed by atoms with E-state index in [-0.39, 0.29) is 29.0 Å². The number of amides is 1. The fourth-order valence-corrected chi connectivity index (χ4v) is 2.93. The van der Waals surface area contributed by atoms with Crippen molar-refractivity contribution in [3.63, 3.8) is 0 Å². The molecule has 1 fully saturated rings. The van der Waals surface area contributed by atoms with Crippen LogP contribution in [0.15, 0.2) is 35.8 Å². The lowest BCUT2D eigenvalue weighted by Gasteiger charge is -2.22. The number of aromatic amines is 1. The number of carbonyl (C=O) groups is 1. The second-order valence-electron chi connectivity index (χ2n) is 5.48. The van der Waals surface area contributed by atoms with E-state index in [1.807, 2.05) is 10.8 Å². The van der Waals surface area contributed by atoms with Crippen LogP contribution in [-0.4, -0.2) is 26.5 Å². The van der Waals surface area contributed by atoms with Crippen LogP contribution in [-0.2, 0) is 0 Å². The molecule has 1 aliphatic rings. The number of carbonyl (C=O) groups excluding carboxylic acids is 1. The third-order valence-electron chi connectivity index (χ3n) is 4.01. The van der Waals surface area contributed by atoms with Gasteiger partial charge in [-0.25, -0.2) is 4.98 Å². The van der Waals surface area contributed by atoms with E-state index < -0.39 is 0 Å². The lowest BCUT2D eigenvalue weighted by Crippen LogP contribution is -2.40. The fraction of sp³-hybridized carbons (Fsp3) is 0.400. The Hall–Kier alpha value is -2.37. The summed E-state index contributed by atoms with van der Waals surface area (Å²) >= 11 is 0. The Kier molecular flexibility index (Phi) is 3.60. The number of pyridine rings is 1. The highest BCUT2D eigenvalue weighted by Gasteiger charge is 2.30.